The van der Waals surface area contributed by atoms with Crippen molar-refractivity contribution in [1.82, 2.24) is 15.5 Å². The monoisotopic (exact) mass is 301 g/mol. The lowest BCUT2D eigenvalue weighted by molar-refractivity contribution is -0.141. The van der Waals surface area contributed by atoms with Crippen molar-refractivity contribution in [3.63, 3.8) is 0 Å². The van der Waals surface area contributed by atoms with Gasteiger partial charge in [0.15, 0.2) is 6.04 Å². The molecular formula is C13H23N3O5. The molecule has 120 valence electrons. The van der Waals surface area contributed by atoms with Crippen LogP contribution < -0.4 is 10.6 Å². The maximum atomic E-state index is 11.8. The van der Waals surface area contributed by atoms with Crippen LogP contribution in [0.1, 0.15) is 32.6 Å². The van der Waals surface area contributed by atoms with E-state index >= 15 is 0 Å². The summed E-state index contributed by atoms with van der Waals surface area (Å²) < 4.78 is 0. The molecule has 3 amide bonds. The molecule has 0 radical (unpaired) electrons. The molecule has 8 heteroatoms. The van der Waals surface area contributed by atoms with Crippen molar-refractivity contribution in [3.8, 4) is 0 Å². The molecule has 0 spiro atoms. The van der Waals surface area contributed by atoms with Crippen LogP contribution in [0.2, 0.25) is 0 Å². The quantitative estimate of drug-likeness (QED) is 0.528. The average molecular weight is 301 g/mol. The van der Waals surface area contributed by atoms with Gasteiger partial charge in [0.2, 0.25) is 5.91 Å². The minimum atomic E-state index is -1.37. The van der Waals surface area contributed by atoms with E-state index in [4.69, 9.17) is 5.11 Å². The number of carbonyl (C=O) groups excluding carboxylic acids is 2. The van der Waals surface area contributed by atoms with E-state index in [0.29, 0.717) is 0 Å². The molecule has 21 heavy (non-hydrogen) atoms. The van der Waals surface area contributed by atoms with E-state index in [1.54, 1.807) is 4.90 Å². The Bertz CT molecular complexity index is 380. The van der Waals surface area contributed by atoms with E-state index < -0.39 is 24.1 Å². The van der Waals surface area contributed by atoms with Crippen molar-refractivity contribution < 1.29 is 24.6 Å². The van der Waals surface area contributed by atoms with Crippen LogP contribution in [0.25, 0.3) is 0 Å². The first-order valence-electron chi connectivity index (χ1n) is 7.15. The first kappa shape index (κ1) is 17.2. The zero-order valence-corrected chi connectivity index (χ0v) is 12.2. The molecule has 0 aromatic rings. The molecule has 4 N–H and O–H groups in total. The van der Waals surface area contributed by atoms with Crippen molar-refractivity contribution in [2.45, 2.75) is 44.8 Å². The van der Waals surface area contributed by atoms with Crippen molar-refractivity contribution in [3.05, 3.63) is 0 Å². The number of piperidine rings is 1. The molecule has 0 bridgehead atoms. The SMILES string of the molecule is CC(O)C(NC(=O)NCCC(=O)N1CCCCC1)C(=O)O. The minimum Gasteiger partial charge on any atom is -0.480 e. The van der Waals surface area contributed by atoms with Gasteiger partial charge < -0.3 is 25.7 Å². The second-order valence-corrected chi connectivity index (χ2v) is 5.15. The summed E-state index contributed by atoms with van der Waals surface area (Å²) in [7, 11) is 0. The number of hydrogen-bond acceptors (Lipinski definition) is 4. The van der Waals surface area contributed by atoms with Crippen molar-refractivity contribution in [1.29, 1.82) is 0 Å². The lowest BCUT2D eigenvalue weighted by atomic mass is 10.1. The van der Waals surface area contributed by atoms with Crippen molar-refractivity contribution in [2.24, 2.45) is 0 Å². The highest BCUT2D eigenvalue weighted by Crippen LogP contribution is 2.09. The van der Waals surface area contributed by atoms with Crippen LogP contribution >= 0.6 is 0 Å². The predicted molar refractivity (Wildman–Crippen MR) is 74.7 cm³/mol. The maximum Gasteiger partial charge on any atom is 0.328 e. The van der Waals surface area contributed by atoms with E-state index in [0.717, 1.165) is 32.4 Å². The Labute approximate surface area is 123 Å². The van der Waals surface area contributed by atoms with Gasteiger partial charge in [-0.05, 0) is 26.2 Å². The fraction of sp³-hybridized carbons (Fsp3) is 0.769. The van der Waals surface area contributed by atoms with Gasteiger partial charge in [-0.25, -0.2) is 9.59 Å². The molecule has 8 nitrogen and oxygen atoms in total. The molecule has 1 heterocycles. The van der Waals surface area contributed by atoms with Crippen LogP contribution in [0.15, 0.2) is 0 Å². The fourth-order valence-corrected chi connectivity index (χ4v) is 2.17. The van der Waals surface area contributed by atoms with Crippen molar-refractivity contribution in [2.75, 3.05) is 19.6 Å². The number of urea groups is 1. The molecule has 1 fully saturated rings. The van der Waals surface area contributed by atoms with Gasteiger partial charge >= 0.3 is 12.0 Å². The summed E-state index contributed by atoms with van der Waals surface area (Å²) in [6, 6.07) is -2.09. The van der Waals surface area contributed by atoms with E-state index in [1.807, 2.05) is 0 Å². The zero-order valence-electron chi connectivity index (χ0n) is 12.2. The van der Waals surface area contributed by atoms with Gasteiger partial charge in [0, 0.05) is 26.1 Å². The van der Waals surface area contributed by atoms with Gasteiger partial charge in [-0.1, -0.05) is 0 Å². The summed E-state index contributed by atoms with van der Waals surface area (Å²) in [5.74, 6) is -1.33. The number of carbonyl (C=O) groups is 3. The van der Waals surface area contributed by atoms with Gasteiger partial charge in [0.25, 0.3) is 0 Å². The standard InChI is InChI=1S/C13H23N3O5/c1-9(17)11(12(19)20)15-13(21)14-6-5-10(18)16-7-3-2-4-8-16/h9,11,17H,2-8H2,1H3,(H,19,20)(H2,14,15,21). The number of nitrogens with zero attached hydrogens (tertiary/aromatic N) is 1. The lowest BCUT2D eigenvalue weighted by Gasteiger charge is -2.26. The number of carboxylic acids is 1. The fourth-order valence-electron chi connectivity index (χ4n) is 2.17. The molecule has 1 rings (SSSR count). The number of aliphatic hydroxyl groups is 1. The zero-order chi connectivity index (χ0) is 15.8. The Kier molecular flexibility index (Phi) is 6.93. The summed E-state index contributed by atoms with van der Waals surface area (Å²) in [6.45, 7) is 2.93. The molecule has 0 aromatic heterocycles. The molecule has 2 atom stereocenters. The number of aliphatic carboxylic acids is 1. The molecule has 1 aliphatic rings. The highest BCUT2D eigenvalue weighted by atomic mass is 16.4. The van der Waals surface area contributed by atoms with Gasteiger partial charge in [-0.2, -0.15) is 0 Å². The second kappa shape index (κ2) is 8.46. The smallest absolute Gasteiger partial charge is 0.328 e. The number of rotatable bonds is 6. The molecule has 2 unspecified atom stereocenters. The van der Waals surface area contributed by atoms with Crippen LogP contribution in [0, 0.1) is 0 Å². The Morgan fingerprint density at radius 3 is 2.33 bits per heavy atom. The lowest BCUT2D eigenvalue weighted by Crippen LogP contribution is -2.51. The number of nitrogens with one attached hydrogen (secondary N) is 2. The number of likely N-dealkylation sites (tertiary alicyclic amines) is 1. The summed E-state index contributed by atoms with van der Waals surface area (Å²) in [5.41, 5.74) is 0. The van der Waals surface area contributed by atoms with Crippen LogP contribution in [-0.4, -0.2) is 64.8 Å². The molecular weight excluding hydrogens is 278 g/mol. The molecule has 0 aliphatic carbocycles. The van der Waals surface area contributed by atoms with Crippen LogP contribution in [0.4, 0.5) is 4.79 Å². The largest absolute Gasteiger partial charge is 0.480 e. The van der Waals surface area contributed by atoms with Gasteiger partial charge in [-0.15, -0.1) is 0 Å². The Hall–Kier alpha value is -1.83. The summed E-state index contributed by atoms with van der Waals surface area (Å²) in [6.07, 6.45) is 2.13. The third-order valence-corrected chi connectivity index (χ3v) is 3.37. The van der Waals surface area contributed by atoms with Gasteiger partial charge in [0.05, 0.1) is 6.10 Å². The maximum absolute atomic E-state index is 11.8. The predicted octanol–water partition coefficient (Wildman–Crippen LogP) is -0.478. The Balaban J connectivity index is 2.26. The molecule has 0 aromatic carbocycles. The van der Waals surface area contributed by atoms with Crippen LogP contribution in [0.3, 0.4) is 0 Å². The third-order valence-electron chi connectivity index (χ3n) is 3.37. The number of hydrogen-bond donors (Lipinski definition) is 4. The summed E-state index contributed by atoms with van der Waals surface area (Å²) in [5, 5.41) is 22.6. The number of carboxylic acid groups (broad SMARTS) is 1. The Morgan fingerprint density at radius 2 is 1.81 bits per heavy atom. The first-order chi connectivity index (χ1) is 9.91. The molecule has 1 saturated heterocycles. The van der Waals surface area contributed by atoms with Gasteiger partial charge in [-0.3, -0.25) is 4.79 Å². The van der Waals surface area contributed by atoms with E-state index in [2.05, 4.69) is 10.6 Å². The normalized spacial score (nSPS) is 17.7. The summed E-state index contributed by atoms with van der Waals surface area (Å²) >= 11 is 0. The second-order valence-electron chi connectivity index (χ2n) is 5.15. The van der Waals surface area contributed by atoms with Crippen LogP contribution in [-0.2, 0) is 9.59 Å². The van der Waals surface area contributed by atoms with E-state index in [-0.39, 0.29) is 18.9 Å². The Morgan fingerprint density at radius 1 is 1.19 bits per heavy atom. The van der Waals surface area contributed by atoms with Crippen molar-refractivity contribution >= 4 is 17.9 Å². The molecule has 0 saturated carbocycles. The third kappa shape index (κ3) is 5.99. The highest BCUT2D eigenvalue weighted by molar-refractivity contribution is 5.83. The van der Waals surface area contributed by atoms with E-state index in [1.165, 1.54) is 6.92 Å². The summed E-state index contributed by atoms with van der Waals surface area (Å²) in [4.78, 5) is 35.9. The topological polar surface area (TPSA) is 119 Å². The van der Waals surface area contributed by atoms with Crippen LogP contribution in [0.5, 0.6) is 0 Å². The van der Waals surface area contributed by atoms with E-state index in [9.17, 15) is 19.5 Å². The number of aliphatic hydroxyl groups excluding tert-OH is 1. The van der Waals surface area contributed by atoms with Gasteiger partial charge in [0.1, 0.15) is 0 Å². The molecule has 1 aliphatic heterocycles. The average Bonchev–Trinajstić information content (AvgIpc) is 2.45. The highest BCUT2D eigenvalue weighted by Gasteiger charge is 2.25. The first-order valence-corrected chi connectivity index (χ1v) is 7.15. The number of amides is 3. The minimum absolute atomic E-state index is 0.0136.